The molecule has 0 unspecified atom stereocenters. The summed E-state index contributed by atoms with van der Waals surface area (Å²) in [5.41, 5.74) is -0.0856. The fourth-order valence-corrected chi connectivity index (χ4v) is 5.46. The second kappa shape index (κ2) is 11.2. The van der Waals surface area contributed by atoms with E-state index in [1.807, 2.05) is 4.72 Å². The predicted molar refractivity (Wildman–Crippen MR) is 137 cm³/mol. The third-order valence-corrected chi connectivity index (χ3v) is 8.12. The Morgan fingerprint density at radius 1 is 1.00 bits per heavy atom. The molecule has 2 aliphatic rings. The summed E-state index contributed by atoms with van der Waals surface area (Å²) in [7, 11) is -1.28. The van der Waals surface area contributed by atoms with E-state index in [0.29, 0.717) is 18.2 Å². The lowest BCUT2D eigenvalue weighted by molar-refractivity contribution is -0.122. The summed E-state index contributed by atoms with van der Waals surface area (Å²) < 4.78 is 32.3. The van der Waals surface area contributed by atoms with Crippen LogP contribution in [0.4, 0.5) is 10.5 Å². The molecule has 1 aromatic rings. The Bertz CT molecular complexity index is 1060. The number of nitrogens with zero attached hydrogens (tertiary/aromatic N) is 2. The number of carbonyl (C=O) groups is 3. The minimum atomic E-state index is -3.92. The number of ether oxygens (including phenoxy) is 1. The van der Waals surface area contributed by atoms with Gasteiger partial charge in [0.05, 0.1) is 0 Å². The summed E-state index contributed by atoms with van der Waals surface area (Å²) in [6.45, 7) is 5.87. The summed E-state index contributed by atoms with van der Waals surface area (Å²) in [5.74, 6) is -0.627. The minimum absolute atomic E-state index is 0.0547. The van der Waals surface area contributed by atoms with Gasteiger partial charge in [0.1, 0.15) is 11.6 Å². The molecule has 3 amide bonds. The molecule has 0 spiro atoms. The van der Waals surface area contributed by atoms with Crippen LogP contribution in [0.3, 0.4) is 0 Å². The predicted octanol–water partition coefficient (Wildman–Crippen LogP) is 3.37. The van der Waals surface area contributed by atoms with E-state index < -0.39 is 33.9 Å². The molecule has 1 aliphatic heterocycles. The maximum atomic E-state index is 13.5. The Morgan fingerprint density at radius 3 is 2.17 bits per heavy atom. The van der Waals surface area contributed by atoms with Crippen molar-refractivity contribution >= 4 is 33.8 Å². The van der Waals surface area contributed by atoms with Crippen LogP contribution in [-0.2, 0) is 19.7 Å². The number of benzene rings is 1. The van der Waals surface area contributed by atoms with E-state index >= 15 is 0 Å². The molecule has 1 aromatic carbocycles. The molecule has 11 heteroatoms. The van der Waals surface area contributed by atoms with Crippen molar-refractivity contribution in [1.82, 2.24) is 13.9 Å². The van der Waals surface area contributed by atoms with Gasteiger partial charge in [-0.1, -0.05) is 32.1 Å². The molecule has 2 atom stereocenters. The molecule has 1 heterocycles. The average Bonchev–Trinajstić information content (AvgIpc) is 3.24. The van der Waals surface area contributed by atoms with E-state index in [2.05, 4.69) is 5.32 Å². The number of anilines is 1. The van der Waals surface area contributed by atoms with Gasteiger partial charge in [-0.15, -0.1) is 0 Å². The summed E-state index contributed by atoms with van der Waals surface area (Å²) in [6, 6.07) is 5.31. The number of hydrogen-bond acceptors (Lipinski definition) is 6. The quantitative estimate of drug-likeness (QED) is 0.590. The Hall–Kier alpha value is -2.66. The number of nitrogens with one attached hydrogen (secondary N) is 2. The van der Waals surface area contributed by atoms with Gasteiger partial charge in [-0.2, -0.15) is 12.7 Å². The van der Waals surface area contributed by atoms with E-state index in [0.717, 1.165) is 36.4 Å². The third kappa shape index (κ3) is 6.97. The number of hydrogen-bond donors (Lipinski definition) is 2. The van der Waals surface area contributed by atoms with E-state index in [-0.39, 0.29) is 17.4 Å². The molecule has 200 valence electrons. The van der Waals surface area contributed by atoms with Gasteiger partial charge in [0, 0.05) is 31.9 Å². The molecule has 0 bridgehead atoms. The topological polar surface area (TPSA) is 125 Å². The van der Waals surface area contributed by atoms with E-state index in [9.17, 15) is 22.8 Å². The molecular formula is C25H38N4O6S. The SMILES string of the molecule is CN(C)S(=O)(=O)NC(=O)c1ccc(NC(=O)[C@@H]2[C@H](C3CCCCC3)CCN2C(=O)OC(C)(C)C)cc1. The van der Waals surface area contributed by atoms with Crippen molar-refractivity contribution in [3.05, 3.63) is 29.8 Å². The molecule has 0 aromatic heterocycles. The van der Waals surface area contributed by atoms with Crippen molar-refractivity contribution in [2.24, 2.45) is 11.8 Å². The summed E-state index contributed by atoms with van der Waals surface area (Å²) in [4.78, 5) is 40.3. The normalized spacial score (nSPS) is 21.3. The van der Waals surface area contributed by atoms with Crippen LogP contribution in [0.25, 0.3) is 0 Å². The van der Waals surface area contributed by atoms with Crippen molar-refractivity contribution in [1.29, 1.82) is 0 Å². The molecule has 36 heavy (non-hydrogen) atoms. The first kappa shape index (κ1) is 27.9. The van der Waals surface area contributed by atoms with Crippen molar-refractivity contribution in [2.75, 3.05) is 26.0 Å². The van der Waals surface area contributed by atoms with Gasteiger partial charge in [0.25, 0.3) is 5.91 Å². The average molecular weight is 523 g/mol. The minimum Gasteiger partial charge on any atom is -0.444 e. The fourth-order valence-electron chi connectivity index (χ4n) is 4.92. The zero-order valence-corrected chi connectivity index (χ0v) is 22.6. The second-order valence-corrected chi connectivity index (χ2v) is 12.6. The standard InChI is InChI=1S/C25H38N4O6S/c1-25(2,3)35-24(32)29-16-15-20(17-9-7-6-8-10-17)21(29)23(31)26-19-13-11-18(12-14-19)22(30)27-36(33,34)28(4)5/h11-14,17,20-21H,6-10,15-16H2,1-5H3,(H,26,31)(H,27,30)/t20-,21-/m0/s1. The van der Waals surface area contributed by atoms with Crippen molar-refractivity contribution < 1.29 is 27.5 Å². The van der Waals surface area contributed by atoms with Crippen LogP contribution >= 0.6 is 0 Å². The fraction of sp³-hybridized carbons (Fsp3) is 0.640. The molecule has 2 N–H and O–H groups in total. The van der Waals surface area contributed by atoms with Crippen LogP contribution in [-0.4, -0.2) is 67.8 Å². The first-order chi connectivity index (χ1) is 16.8. The molecule has 10 nitrogen and oxygen atoms in total. The van der Waals surface area contributed by atoms with Crippen LogP contribution in [0.1, 0.15) is 69.7 Å². The van der Waals surface area contributed by atoms with E-state index in [4.69, 9.17) is 4.74 Å². The van der Waals surface area contributed by atoms with Crippen molar-refractivity contribution in [2.45, 2.75) is 70.9 Å². The second-order valence-electron chi connectivity index (χ2n) is 10.8. The van der Waals surface area contributed by atoms with Gasteiger partial charge in [-0.3, -0.25) is 14.5 Å². The van der Waals surface area contributed by atoms with Crippen LogP contribution in [0.2, 0.25) is 0 Å². The number of amides is 3. The van der Waals surface area contributed by atoms with Crippen molar-refractivity contribution in [3.8, 4) is 0 Å². The molecule has 1 saturated heterocycles. The molecule has 0 radical (unpaired) electrons. The van der Waals surface area contributed by atoms with Crippen LogP contribution in [0.5, 0.6) is 0 Å². The molecule has 1 saturated carbocycles. The van der Waals surface area contributed by atoms with Gasteiger partial charge in [-0.05, 0) is 63.3 Å². The maximum absolute atomic E-state index is 13.5. The number of likely N-dealkylation sites (tertiary alicyclic amines) is 1. The first-order valence-corrected chi connectivity index (χ1v) is 13.9. The van der Waals surface area contributed by atoms with Crippen LogP contribution < -0.4 is 10.0 Å². The summed E-state index contributed by atoms with van der Waals surface area (Å²) >= 11 is 0. The van der Waals surface area contributed by atoms with Gasteiger partial charge < -0.3 is 10.1 Å². The summed E-state index contributed by atoms with van der Waals surface area (Å²) in [6.07, 6.45) is 5.83. The summed E-state index contributed by atoms with van der Waals surface area (Å²) in [5, 5.41) is 2.89. The Morgan fingerprint density at radius 2 is 1.61 bits per heavy atom. The molecule has 1 aliphatic carbocycles. The first-order valence-electron chi connectivity index (χ1n) is 12.4. The van der Waals surface area contributed by atoms with E-state index in [1.165, 1.54) is 44.8 Å². The highest BCUT2D eigenvalue weighted by molar-refractivity contribution is 7.87. The van der Waals surface area contributed by atoms with Crippen molar-refractivity contribution in [3.63, 3.8) is 0 Å². The Labute approximate surface area is 213 Å². The Balaban J connectivity index is 1.75. The zero-order valence-electron chi connectivity index (χ0n) is 21.7. The lowest BCUT2D eigenvalue weighted by atomic mass is 9.76. The largest absolute Gasteiger partial charge is 0.444 e. The highest BCUT2D eigenvalue weighted by Gasteiger charge is 2.46. The third-order valence-electron chi connectivity index (χ3n) is 6.71. The van der Waals surface area contributed by atoms with Gasteiger partial charge in [0.2, 0.25) is 5.91 Å². The lowest BCUT2D eigenvalue weighted by Crippen LogP contribution is -2.49. The van der Waals surface area contributed by atoms with E-state index in [1.54, 1.807) is 25.7 Å². The lowest BCUT2D eigenvalue weighted by Gasteiger charge is -2.34. The molecular weight excluding hydrogens is 484 g/mol. The molecule has 3 rings (SSSR count). The van der Waals surface area contributed by atoms with Crippen LogP contribution in [0, 0.1) is 11.8 Å². The highest BCUT2D eigenvalue weighted by Crippen LogP contribution is 2.39. The zero-order chi connectivity index (χ0) is 26.7. The van der Waals surface area contributed by atoms with Gasteiger partial charge >= 0.3 is 16.3 Å². The number of rotatable bonds is 6. The van der Waals surface area contributed by atoms with Gasteiger partial charge in [-0.25, -0.2) is 9.52 Å². The Kier molecular flexibility index (Phi) is 8.66. The smallest absolute Gasteiger partial charge is 0.410 e. The van der Waals surface area contributed by atoms with Crippen LogP contribution in [0.15, 0.2) is 24.3 Å². The highest BCUT2D eigenvalue weighted by atomic mass is 32.2. The maximum Gasteiger partial charge on any atom is 0.410 e. The molecule has 2 fully saturated rings. The number of carbonyl (C=O) groups excluding carboxylic acids is 3. The van der Waals surface area contributed by atoms with Gasteiger partial charge in [0.15, 0.2) is 0 Å². The monoisotopic (exact) mass is 522 g/mol.